The summed E-state index contributed by atoms with van der Waals surface area (Å²) in [5.41, 5.74) is 0. The zero-order valence-electron chi connectivity index (χ0n) is 12.3. The average Bonchev–Trinajstić information content (AvgIpc) is 2.79. The van der Waals surface area contributed by atoms with Crippen molar-refractivity contribution in [2.75, 3.05) is 25.2 Å². The van der Waals surface area contributed by atoms with Gasteiger partial charge in [-0.15, -0.1) is 0 Å². The van der Waals surface area contributed by atoms with E-state index in [9.17, 15) is 16.8 Å². The van der Waals surface area contributed by atoms with Crippen LogP contribution in [0.15, 0.2) is 27.6 Å². The number of nitrogens with zero attached hydrogens (tertiary/aromatic N) is 1. The number of hydrogen-bond donors (Lipinski definition) is 0. The van der Waals surface area contributed by atoms with E-state index in [-0.39, 0.29) is 28.7 Å². The Morgan fingerprint density at radius 3 is 2.59 bits per heavy atom. The molecule has 9 heteroatoms. The van der Waals surface area contributed by atoms with Crippen molar-refractivity contribution in [2.24, 2.45) is 0 Å². The molecule has 0 N–H and O–H groups in total. The van der Waals surface area contributed by atoms with E-state index in [1.807, 2.05) is 0 Å². The van der Waals surface area contributed by atoms with Crippen LogP contribution in [0.4, 0.5) is 0 Å². The summed E-state index contributed by atoms with van der Waals surface area (Å²) in [7, 11) is -5.60. The Hall–Kier alpha value is -0.640. The van der Waals surface area contributed by atoms with Crippen molar-refractivity contribution < 1.29 is 21.6 Å². The largest absolute Gasteiger partial charge is 0.495 e. The highest BCUT2D eigenvalue weighted by atomic mass is 79.9. The highest BCUT2D eigenvalue weighted by Gasteiger charge is 2.39. The highest BCUT2D eigenvalue weighted by molar-refractivity contribution is 9.10. The number of halogens is 1. The monoisotopic (exact) mass is 411 g/mol. The molecule has 1 aromatic carbocycles. The van der Waals surface area contributed by atoms with E-state index in [1.54, 1.807) is 19.1 Å². The van der Waals surface area contributed by atoms with Gasteiger partial charge >= 0.3 is 0 Å². The standard InChI is InChI=1S/C13H18BrNO5S2/c1-3-15(11-6-7-21(16,17)9-11)22(18,19)13-8-10(14)4-5-12(13)20-2/h4-5,8,11H,3,6-7,9H2,1-2H3. The van der Waals surface area contributed by atoms with Crippen LogP contribution in [0.25, 0.3) is 0 Å². The van der Waals surface area contributed by atoms with Crippen molar-refractivity contribution in [1.29, 1.82) is 0 Å². The van der Waals surface area contributed by atoms with Crippen LogP contribution in [0, 0.1) is 0 Å². The lowest BCUT2D eigenvalue weighted by Gasteiger charge is -2.26. The molecule has 1 saturated heterocycles. The summed E-state index contributed by atoms with van der Waals surface area (Å²) in [4.78, 5) is 0.0375. The molecule has 1 fully saturated rings. The first kappa shape index (κ1) is 17.7. The summed E-state index contributed by atoms with van der Waals surface area (Å²) in [6, 6.07) is 4.20. The number of ether oxygens (including phenoxy) is 1. The van der Waals surface area contributed by atoms with Gasteiger partial charge in [0.25, 0.3) is 0 Å². The quantitative estimate of drug-likeness (QED) is 0.735. The summed E-state index contributed by atoms with van der Waals surface area (Å²) >= 11 is 3.26. The third-order valence-corrected chi connectivity index (χ3v) is 7.93. The van der Waals surface area contributed by atoms with Crippen molar-refractivity contribution in [2.45, 2.75) is 24.3 Å². The van der Waals surface area contributed by atoms with Gasteiger partial charge in [0.05, 0.1) is 18.6 Å². The molecule has 124 valence electrons. The smallest absolute Gasteiger partial charge is 0.247 e. The van der Waals surface area contributed by atoms with Gasteiger partial charge in [0.1, 0.15) is 10.6 Å². The Bertz CT molecular complexity index is 761. The van der Waals surface area contributed by atoms with Crippen molar-refractivity contribution >= 4 is 35.8 Å². The van der Waals surface area contributed by atoms with E-state index >= 15 is 0 Å². The predicted octanol–water partition coefficient (Wildman–Crippen LogP) is 1.66. The van der Waals surface area contributed by atoms with Gasteiger partial charge in [0.2, 0.25) is 10.0 Å². The molecule has 0 bridgehead atoms. The van der Waals surface area contributed by atoms with E-state index < -0.39 is 25.9 Å². The van der Waals surface area contributed by atoms with Gasteiger partial charge in [-0.1, -0.05) is 22.9 Å². The van der Waals surface area contributed by atoms with Crippen molar-refractivity contribution in [1.82, 2.24) is 4.31 Å². The second-order valence-electron chi connectivity index (χ2n) is 5.06. The molecule has 22 heavy (non-hydrogen) atoms. The minimum absolute atomic E-state index is 0.0271. The maximum absolute atomic E-state index is 12.9. The minimum Gasteiger partial charge on any atom is -0.495 e. The second-order valence-corrected chi connectivity index (χ2v) is 10.1. The average molecular weight is 412 g/mol. The fraction of sp³-hybridized carbons (Fsp3) is 0.538. The van der Waals surface area contributed by atoms with Gasteiger partial charge in [0, 0.05) is 17.1 Å². The first-order valence-electron chi connectivity index (χ1n) is 6.77. The highest BCUT2D eigenvalue weighted by Crippen LogP contribution is 2.32. The van der Waals surface area contributed by atoms with Gasteiger partial charge in [-0.05, 0) is 24.6 Å². The molecule has 0 amide bonds. The Morgan fingerprint density at radius 1 is 1.41 bits per heavy atom. The molecule has 6 nitrogen and oxygen atoms in total. The van der Waals surface area contributed by atoms with Gasteiger partial charge < -0.3 is 4.74 Å². The van der Waals surface area contributed by atoms with Gasteiger partial charge in [-0.25, -0.2) is 16.8 Å². The number of rotatable bonds is 5. The minimum atomic E-state index is -3.84. The molecule has 1 unspecified atom stereocenters. The van der Waals surface area contributed by atoms with Crippen LogP contribution in [0.5, 0.6) is 5.75 Å². The lowest BCUT2D eigenvalue weighted by Crippen LogP contribution is -2.41. The lowest BCUT2D eigenvalue weighted by atomic mass is 10.3. The van der Waals surface area contributed by atoms with E-state index in [0.717, 1.165) is 0 Å². The Labute approximate surface area is 139 Å². The zero-order chi connectivity index (χ0) is 16.5. The van der Waals surface area contributed by atoms with E-state index in [0.29, 0.717) is 10.9 Å². The predicted molar refractivity (Wildman–Crippen MR) is 87.3 cm³/mol. The third-order valence-electron chi connectivity index (χ3n) is 3.64. The van der Waals surface area contributed by atoms with Crippen LogP contribution in [0.1, 0.15) is 13.3 Å². The van der Waals surface area contributed by atoms with E-state index in [2.05, 4.69) is 15.9 Å². The maximum Gasteiger partial charge on any atom is 0.247 e. The van der Waals surface area contributed by atoms with Gasteiger partial charge in [-0.2, -0.15) is 4.31 Å². The molecule has 2 rings (SSSR count). The molecular weight excluding hydrogens is 394 g/mol. The lowest BCUT2D eigenvalue weighted by molar-refractivity contribution is 0.349. The molecule has 1 aliphatic rings. The summed E-state index contributed by atoms with van der Waals surface area (Å²) in [6.07, 6.45) is 0.325. The number of benzene rings is 1. The molecule has 1 aromatic rings. The van der Waals surface area contributed by atoms with Crippen LogP contribution in [0.2, 0.25) is 0 Å². The molecule has 1 atom stereocenters. The Balaban J connectivity index is 2.46. The molecule has 1 heterocycles. The fourth-order valence-corrected chi connectivity index (χ4v) is 6.79. The summed E-state index contributed by atoms with van der Waals surface area (Å²) in [5.74, 6) is 0.137. The molecule has 0 aromatic heterocycles. The Morgan fingerprint density at radius 2 is 2.09 bits per heavy atom. The van der Waals surface area contributed by atoms with E-state index in [1.165, 1.54) is 17.5 Å². The number of sulfonamides is 1. The SMILES string of the molecule is CCN(C1CCS(=O)(=O)C1)S(=O)(=O)c1cc(Br)ccc1OC. The molecule has 0 spiro atoms. The molecule has 0 aliphatic carbocycles. The first-order valence-corrected chi connectivity index (χ1v) is 10.8. The van der Waals surface area contributed by atoms with Crippen LogP contribution < -0.4 is 4.74 Å². The van der Waals surface area contributed by atoms with Crippen molar-refractivity contribution in [3.63, 3.8) is 0 Å². The Kier molecular flexibility index (Phi) is 5.20. The summed E-state index contributed by atoms with van der Waals surface area (Å²) in [6.45, 7) is 1.91. The van der Waals surface area contributed by atoms with Gasteiger partial charge in [0.15, 0.2) is 9.84 Å². The topological polar surface area (TPSA) is 80.8 Å². The van der Waals surface area contributed by atoms with Crippen molar-refractivity contribution in [3.05, 3.63) is 22.7 Å². The van der Waals surface area contributed by atoms with E-state index in [4.69, 9.17) is 4.74 Å². The van der Waals surface area contributed by atoms with Crippen LogP contribution in [-0.2, 0) is 19.9 Å². The normalized spacial score (nSPS) is 21.2. The fourth-order valence-electron chi connectivity index (χ4n) is 2.61. The second kappa shape index (κ2) is 6.46. The van der Waals surface area contributed by atoms with Gasteiger partial charge in [-0.3, -0.25) is 0 Å². The van der Waals surface area contributed by atoms with Crippen molar-refractivity contribution in [3.8, 4) is 5.75 Å². The molecular formula is C13H18BrNO5S2. The summed E-state index contributed by atoms with van der Waals surface area (Å²) < 4.78 is 56.1. The third kappa shape index (κ3) is 3.47. The van der Waals surface area contributed by atoms with Crippen LogP contribution in [-0.4, -0.2) is 52.3 Å². The van der Waals surface area contributed by atoms with Crippen LogP contribution >= 0.6 is 15.9 Å². The molecule has 0 radical (unpaired) electrons. The summed E-state index contributed by atoms with van der Waals surface area (Å²) in [5, 5.41) is 0. The maximum atomic E-state index is 12.9. The molecule has 1 aliphatic heterocycles. The zero-order valence-corrected chi connectivity index (χ0v) is 15.5. The first-order chi connectivity index (χ1) is 10.2. The number of methoxy groups -OCH3 is 1. The van der Waals surface area contributed by atoms with Crippen LogP contribution in [0.3, 0.4) is 0 Å². The number of hydrogen-bond acceptors (Lipinski definition) is 5. The number of sulfone groups is 1. The molecule has 0 saturated carbocycles.